The van der Waals surface area contributed by atoms with Crippen molar-refractivity contribution >= 4 is 5.91 Å². The van der Waals surface area contributed by atoms with Crippen LogP contribution in [0.1, 0.15) is 19.8 Å². The lowest BCUT2D eigenvalue weighted by Gasteiger charge is -2.14. The normalized spacial score (nSPS) is 11.7. The summed E-state index contributed by atoms with van der Waals surface area (Å²) in [7, 11) is 0. The smallest absolute Gasteiger partial charge is 0.234 e. The van der Waals surface area contributed by atoms with Gasteiger partial charge in [-0.25, -0.2) is 5.84 Å². The molecule has 4 nitrogen and oxygen atoms in total. The fraction of sp³-hybridized carbons (Fsp3) is 0.235. The van der Waals surface area contributed by atoms with E-state index >= 15 is 0 Å². The fourth-order valence-electron chi connectivity index (χ4n) is 2.05. The first kappa shape index (κ1) is 15.1. The van der Waals surface area contributed by atoms with Crippen molar-refractivity contribution < 1.29 is 9.53 Å². The summed E-state index contributed by atoms with van der Waals surface area (Å²) in [6, 6.07) is 18.1. The summed E-state index contributed by atoms with van der Waals surface area (Å²) < 4.78 is 5.78. The van der Waals surface area contributed by atoms with Gasteiger partial charge in [0.25, 0.3) is 0 Å². The Morgan fingerprint density at radius 3 is 2.33 bits per heavy atom. The highest BCUT2D eigenvalue weighted by atomic mass is 16.5. The molecule has 0 radical (unpaired) electrons. The predicted molar refractivity (Wildman–Crippen MR) is 83.5 cm³/mol. The second-order valence-corrected chi connectivity index (χ2v) is 4.93. The molecule has 0 aromatic heterocycles. The lowest BCUT2D eigenvalue weighted by molar-refractivity contribution is -0.121. The Bertz CT molecular complexity index is 567. The maximum Gasteiger partial charge on any atom is 0.234 e. The highest BCUT2D eigenvalue weighted by Crippen LogP contribution is 2.23. The number of carbonyl (C=O) groups is 1. The van der Waals surface area contributed by atoms with E-state index in [1.165, 1.54) is 5.56 Å². The molecule has 2 aromatic rings. The fourth-order valence-corrected chi connectivity index (χ4v) is 2.05. The van der Waals surface area contributed by atoms with Crippen molar-refractivity contribution in [2.24, 2.45) is 5.84 Å². The van der Waals surface area contributed by atoms with Crippen molar-refractivity contribution in [1.82, 2.24) is 5.43 Å². The third kappa shape index (κ3) is 4.61. The topological polar surface area (TPSA) is 64.4 Å². The van der Waals surface area contributed by atoms with Crippen LogP contribution in [0.3, 0.4) is 0 Å². The van der Waals surface area contributed by atoms with Crippen LogP contribution in [-0.4, -0.2) is 12.0 Å². The third-order valence-electron chi connectivity index (χ3n) is 3.24. The van der Waals surface area contributed by atoms with Crippen LogP contribution in [0.4, 0.5) is 0 Å². The third-order valence-corrected chi connectivity index (χ3v) is 3.24. The number of rotatable bonds is 6. The molecule has 1 amide bonds. The molecule has 0 spiro atoms. The highest BCUT2D eigenvalue weighted by Gasteiger charge is 2.07. The molecule has 110 valence electrons. The van der Waals surface area contributed by atoms with Gasteiger partial charge in [0.2, 0.25) is 5.91 Å². The summed E-state index contributed by atoms with van der Waals surface area (Å²) in [5.41, 5.74) is 4.44. The van der Waals surface area contributed by atoms with Gasteiger partial charge in [0.05, 0.1) is 6.10 Å². The SMILES string of the molecule is CC(CCC(=O)NN)Oc1ccc(-c2ccccc2)cc1. The largest absolute Gasteiger partial charge is 0.491 e. The Labute approximate surface area is 124 Å². The first-order valence-corrected chi connectivity index (χ1v) is 7.00. The van der Waals surface area contributed by atoms with Gasteiger partial charge >= 0.3 is 0 Å². The van der Waals surface area contributed by atoms with Crippen LogP contribution >= 0.6 is 0 Å². The standard InChI is InChI=1S/C17H20N2O2/c1-13(7-12-17(20)19-18)21-16-10-8-15(9-11-16)14-5-3-2-4-6-14/h2-6,8-11,13H,7,12,18H2,1H3,(H,19,20). The number of hydrogen-bond acceptors (Lipinski definition) is 3. The van der Waals surface area contributed by atoms with Crippen molar-refractivity contribution in [2.45, 2.75) is 25.9 Å². The number of carbonyl (C=O) groups excluding carboxylic acids is 1. The molecule has 0 saturated heterocycles. The van der Waals surface area contributed by atoms with E-state index in [-0.39, 0.29) is 12.0 Å². The van der Waals surface area contributed by atoms with Crippen LogP contribution in [-0.2, 0) is 4.79 Å². The minimum Gasteiger partial charge on any atom is -0.491 e. The van der Waals surface area contributed by atoms with Gasteiger partial charge in [-0.2, -0.15) is 0 Å². The van der Waals surface area contributed by atoms with E-state index in [1.807, 2.05) is 49.4 Å². The summed E-state index contributed by atoms with van der Waals surface area (Å²) in [6.07, 6.45) is 0.952. The quantitative estimate of drug-likeness (QED) is 0.487. The summed E-state index contributed by atoms with van der Waals surface area (Å²) in [6.45, 7) is 1.94. The Morgan fingerprint density at radius 2 is 1.71 bits per heavy atom. The summed E-state index contributed by atoms with van der Waals surface area (Å²) >= 11 is 0. The van der Waals surface area contributed by atoms with E-state index in [1.54, 1.807) is 0 Å². The summed E-state index contributed by atoms with van der Waals surface area (Å²) in [5, 5.41) is 0. The Hall–Kier alpha value is -2.33. The summed E-state index contributed by atoms with van der Waals surface area (Å²) in [4.78, 5) is 11.1. The average molecular weight is 284 g/mol. The molecule has 1 unspecified atom stereocenters. The first-order chi connectivity index (χ1) is 10.2. The lowest BCUT2D eigenvalue weighted by atomic mass is 10.1. The predicted octanol–water partition coefficient (Wildman–Crippen LogP) is 2.89. The zero-order valence-corrected chi connectivity index (χ0v) is 12.1. The molecule has 0 fully saturated rings. The van der Waals surface area contributed by atoms with Gasteiger partial charge < -0.3 is 4.74 Å². The van der Waals surface area contributed by atoms with E-state index < -0.39 is 0 Å². The Kier molecular flexibility index (Phi) is 5.35. The number of nitrogens with two attached hydrogens (primary N) is 1. The van der Waals surface area contributed by atoms with E-state index in [0.717, 1.165) is 11.3 Å². The van der Waals surface area contributed by atoms with Gasteiger partial charge in [-0.3, -0.25) is 10.2 Å². The van der Waals surface area contributed by atoms with Gasteiger partial charge in [-0.15, -0.1) is 0 Å². The summed E-state index contributed by atoms with van der Waals surface area (Å²) in [5.74, 6) is 5.67. The number of nitrogens with one attached hydrogen (secondary N) is 1. The lowest BCUT2D eigenvalue weighted by Crippen LogP contribution is -2.30. The molecule has 1 atom stereocenters. The molecular weight excluding hydrogens is 264 g/mol. The van der Waals surface area contributed by atoms with Gasteiger partial charge in [-0.1, -0.05) is 42.5 Å². The van der Waals surface area contributed by atoms with Crippen LogP contribution in [0, 0.1) is 0 Å². The zero-order valence-electron chi connectivity index (χ0n) is 12.1. The van der Waals surface area contributed by atoms with Gasteiger partial charge in [-0.05, 0) is 36.6 Å². The van der Waals surface area contributed by atoms with E-state index in [9.17, 15) is 4.79 Å². The molecule has 3 N–H and O–H groups in total. The zero-order chi connectivity index (χ0) is 15.1. The molecule has 4 heteroatoms. The highest BCUT2D eigenvalue weighted by molar-refractivity contribution is 5.75. The maximum absolute atomic E-state index is 11.1. The number of amides is 1. The molecule has 0 bridgehead atoms. The molecular formula is C17H20N2O2. The van der Waals surface area contributed by atoms with Crippen LogP contribution in [0.5, 0.6) is 5.75 Å². The van der Waals surface area contributed by atoms with Crippen LogP contribution < -0.4 is 16.0 Å². The van der Waals surface area contributed by atoms with E-state index in [2.05, 4.69) is 17.6 Å². The van der Waals surface area contributed by atoms with Crippen molar-refractivity contribution in [3.63, 3.8) is 0 Å². The van der Waals surface area contributed by atoms with Crippen LogP contribution in [0.15, 0.2) is 54.6 Å². The molecule has 2 aromatic carbocycles. The number of hydrogen-bond donors (Lipinski definition) is 2. The number of ether oxygens (including phenoxy) is 1. The number of hydrazine groups is 1. The van der Waals surface area contributed by atoms with Gasteiger partial charge in [0.15, 0.2) is 0 Å². The minimum absolute atomic E-state index is 0.0372. The average Bonchev–Trinajstić information content (AvgIpc) is 2.54. The minimum atomic E-state index is -0.176. The van der Waals surface area contributed by atoms with Crippen molar-refractivity contribution in [2.75, 3.05) is 0 Å². The molecule has 0 aliphatic carbocycles. The van der Waals surface area contributed by atoms with Gasteiger partial charge in [0, 0.05) is 6.42 Å². The van der Waals surface area contributed by atoms with Crippen molar-refractivity contribution in [3.05, 3.63) is 54.6 Å². The van der Waals surface area contributed by atoms with E-state index in [4.69, 9.17) is 10.6 Å². The molecule has 0 aliphatic heterocycles. The Morgan fingerprint density at radius 1 is 1.10 bits per heavy atom. The molecule has 2 rings (SSSR count). The van der Waals surface area contributed by atoms with Crippen molar-refractivity contribution in [3.8, 4) is 16.9 Å². The monoisotopic (exact) mass is 284 g/mol. The second-order valence-electron chi connectivity index (χ2n) is 4.93. The van der Waals surface area contributed by atoms with Crippen molar-refractivity contribution in [1.29, 1.82) is 0 Å². The van der Waals surface area contributed by atoms with Crippen LogP contribution in [0.2, 0.25) is 0 Å². The first-order valence-electron chi connectivity index (χ1n) is 7.00. The Balaban J connectivity index is 1.92. The molecule has 21 heavy (non-hydrogen) atoms. The molecule has 0 saturated carbocycles. The maximum atomic E-state index is 11.1. The van der Waals surface area contributed by atoms with Crippen LogP contribution in [0.25, 0.3) is 11.1 Å². The van der Waals surface area contributed by atoms with E-state index in [0.29, 0.717) is 12.8 Å². The molecule has 0 heterocycles. The molecule has 0 aliphatic rings. The van der Waals surface area contributed by atoms with Gasteiger partial charge in [0.1, 0.15) is 5.75 Å². The second kappa shape index (κ2) is 7.45. The number of benzene rings is 2.